The molecule has 4 nitrogen and oxygen atoms in total. The summed E-state index contributed by atoms with van der Waals surface area (Å²) in [6.45, 7) is 2.06. The van der Waals surface area contributed by atoms with Crippen molar-refractivity contribution in [1.29, 1.82) is 0 Å². The van der Waals surface area contributed by atoms with Crippen LogP contribution in [0.2, 0.25) is 0 Å². The first kappa shape index (κ1) is 15.6. The number of alkyl halides is 3. The van der Waals surface area contributed by atoms with Crippen molar-refractivity contribution in [2.24, 2.45) is 11.7 Å². The van der Waals surface area contributed by atoms with Crippen molar-refractivity contribution < 1.29 is 22.7 Å². The Labute approximate surface area is 120 Å². The van der Waals surface area contributed by atoms with Crippen LogP contribution in [0.25, 0.3) is 0 Å². The van der Waals surface area contributed by atoms with Gasteiger partial charge in [-0.2, -0.15) is 13.2 Å². The molecule has 1 amide bonds. The Hall–Kier alpha value is -1.79. The smallest absolute Gasteiger partial charge is 0.433 e. The minimum absolute atomic E-state index is 0.124. The molecule has 1 heterocycles. The second-order valence-corrected chi connectivity index (χ2v) is 5.42. The lowest BCUT2D eigenvalue weighted by atomic mass is 9.89. The van der Waals surface area contributed by atoms with Gasteiger partial charge in [0.1, 0.15) is 17.4 Å². The molecule has 0 aliphatic heterocycles. The number of hydrogen-bond acceptors (Lipinski definition) is 3. The molecule has 0 radical (unpaired) electrons. The number of aromatic nitrogens is 1. The third-order valence-corrected chi connectivity index (χ3v) is 3.58. The van der Waals surface area contributed by atoms with Crippen LogP contribution in [0.5, 0.6) is 5.88 Å². The van der Waals surface area contributed by atoms with Gasteiger partial charge in [0.25, 0.3) is 5.91 Å². The fourth-order valence-corrected chi connectivity index (χ4v) is 2.52. The van der Waals surface area contributed by atoms with Crippen molar-refractivity contribution in [2.45, 2.75) is 44.9 Å². The summed E-state index contributed by atoms with van der Waals surface area (Å²) in [4.78, 5) is 14.7. The number of ether oxygens (including phenoxy) is 1. The van der Waals surface area contributed by atoms with Crippen LogP contribution in [-0.4, -0.2) is 17.0 Å². The lowest BCUT2D eigenvalue weighted by Gasteiger charge is -2.27. The molecule has 21 heavy (non-hydrogen) atoms. The Morgan fingerprint density at radius 3 is 2.67 bits per heavy atom. The van der Waals surface area contributed by atoms with Crippen molar-refractivity contribution in [2.75, 3.05) is 0 Å². The number of primary amides is 1. The summed E-state index contributed by atoms with van der Waals surface area (Å²) in [6, 6.07) is 1.75. The first-order chi connectivity index (χ1) is 9.77. The van der Waals surface area contributed by atoms with E-state index in [1.807, 2.05) is 0 Å². The zero-order chi connectivity index (χ0) is 15.6. The number of amides is 1. The molecule has 0 aromatic carbocycles. The SMILES string of the molecule is CC1CCCC(Oc2nc(C(F)(F)F)ccc2C(N)=O)C1. The second kappa shape index (κ2) is 5.91. The molecule has 1 saturated carbocycles. The number of nitrogens with two attached hydrogens (primary N) is 1. The maximum atomic E-state index is 12.7. The average molecular weight is 302 g/mol. The zero-order valence-electron chi connectivity index (χ0n) is 11.6. The number of carbonyl (C=O) groups is 1. The summed E-state index contributed by atoms with van der Waals surface area (Å²) in [5, 5.41) is 0. The minimum atomic E-state index is -4.59. The van der Waals surface area contributed by atoms with E-state index in [2.05, 4.69) is 11.9 Å². The maximum Gasteiger partial charge on any atom is 0.433 e. The molecular formula is C14H17F3N2O2. The Balaban J connectivity index is 2.28. The lowest BCUT2D eigenvalue weighted by molar-refractivity contribution is -0.141. The number of hydrogen-bond donors (Lipinski definition) is 1. The Morgan fingerprint density at radius 2 is 2.10 bits per heavy atom. The normalized spacial score (nSPS) is 22.9. The minimum Gasteiger partial charge on any atom is -0.474 e. The fourth-order valence-electron chi connectivity index (χ4n) is 2.52. The van der Waals surface area contributed by atoms with Crippen LogP contribution in [0.4, 0.5) is 13.2 Å². The fraction of sp³-hybridized carbons (Fsp3) is 0.571. The van der Waals surface area contributed by atoms with Crippen LogP contribution in [0.1, 0.15) is 48.7 Å². The molecule has 1 aromatic heterocycles. The third kappa shape index (κ3) is 3.86. The molecule has 1 aliphatic rings. The van der Waals surface area contributed by atoms with Gasteiger partial charge in [-0.25, -0.2) is 4.98 Å². The van der Waals surface area contributed by atoms with E-state index >= 15 is 0 Å². The highest BCUT2D eigenvalue weighted by Crippen LogP contribution is 2.32. The van der Waals surface area contributed by atoms with Crippen LogP contribution >= 0.6 is 0 Å². The molecule has 116 valence electrons. The highest BCUT2D eigenvalue weighted by atomic mass is 19.4. The molecule has 0 saturated heterocycles. The molecule has 2 N–H and O–H groups in total. The highest BCUT2D eigenvalue weighted by molar-refractivity contribution is 5.95. The zero-order valence-corrected chi connectivity index (χ0v) is 11.6. The van der Waals surface area contributed by atoms with E-state index in [-0.39, 0.29) is 17.5 Å². The first-order valence-electron chi connectivity index (χ1n) is 6.82. The molecule has 0 bridgehead atoms. The molecule has 1 aliphatic carbocycles. The molecule has 7 heteroatoms. The van der Waals surface area contributed by atoms with E-state index in [9.17, 15) is 18.0 Å². The summed E-state index contributed by atoms with van der Waals surface area (Å²) in [7, 11) is 0. The molecular weight excluding hydrogens is 285 g/mol. The predicted octanol–water partition coefficient (Wildman–Crippen LogP) is 3.16. The average Bonchev–Trinajstić information content (AvgIpc) is 2.37. The first-order valence-corrected chi connectivity index (χ1v) is 6.82. The highest BCUT2D eigenvalue weighted by Gasteiger charge is 2.34. The third-order valence-electron chi connectivity index (χ3n) is 3.58. The predicted molar refractivity (Wildman–Crippen MR) is 69.8 cm³/mol. The van der Waals surface area contributed by atoms with Crippen LogP contribution in [0.15, 0.2) is 12.1 Å². The number of carbonyl (C=O) groups excluding carboxylic acids is 1. The summed E-state index contributed by atoms with van der Waals surface area (Å²) in [5.41, 5.74) is 3.95. The van der Waals surface area contributed by atoms with Gasteiger partial charge < -0.3 is 10.5 Å². The second-order valence-electron chi connectivity index (χ2n) is 5.42. The van der Waals surface area contributed by atoms with Crippen molar-refractivity contribution >= 4 is 5.91 Å². The molecule has 1 aromatic rings. The van der Waals surface area contributed by atoms with Crippen LogP contribution in [-0.2, 0) is 6.18 Å². The molecule has 2 atom stereocenters. The monoisotopic (exact) mass is 302 g/mol. The van der Waals surface area contributed by atoms with E-state index in [1.54, 1.807) is 0 Å². The molecule has 0 spiro atoms. The van der Waals surface area contributed by atoms with Gasteiger partial charge in [0.15, 0.2) is 0 Å². The Bertz CT molecular complexity index is 531. The van der Waals surface area contributed by atoms with E-state index < -0.39 is 17.8 Å². The van der Waals surface area contributed by atoms with Gasteiger partial charge in [0.2, 0.25) is 5.88 Å². The number of halogens is 3. The summed E-state index contributed by atoms with van der Waals surface area (Å²) >= 11 is 0. The van der Waals surface area contributed by atoms with Gasteiger partial charge in [0, 0.05) is 0 Å². The van der Waals surface area contributed by atoms with E-state index in [1.165, 1.54) is 0 Å². The molecule has 2 unspecified atom stereocenters. The summed E-state index contributed by atoms with van der Waals surface area (Å²) in [6.07, 6.45) is -1.34. The van der Waals surface area contributed by atoms with E-state index in [0.29, 0.717) is 5.92 Å². The van der Waals surface area contributed by atoms with E-state index in [0.717, 1.165) is 37.8 Å². The number of pyridine rings is 1. The summed E-state index contributed by atoms with van der Waals surface area (Å²) in [5.74, 6) is -0.738. The van der Waals surface area contributed by atoms with Crippen LogP contribution < -0.4 is 10.5 Å². The van der Waals surface area contributed by atoms with Gasteiger partial charge in [-0.1, -0.05) is 13.3 Å². The van der Waals surface area contributed by atoms with E-state index in [4.69, 9.17) is 10.5 Å². The molecule has 1 fully saturated rings. The van der Waals surface area contributed by atoms with Gasteiger partial charge in [-0.05, 0) is 37.3 Å². The van der Waals surface area contributed by atoms with Crippen molar-refractivity contribution in [1.82, 2.24) is 4.98 Å². The Morgan fingerprint density at radius 1 is 1.38 bits per heavy atom. The van der Waals surface area contributed by atoms with Crippen molar-refractivity contribution in [3.8, 4) is 5.88 Å². The number of rotatable bonds is 3. The van der Waals surface area contributed by atoms with Gasteiger partial charge in [-0.15, -0.1) is 0 Å². The largest absolute Gasteiger partial charge is 0.474 e. The Kier molecular flexibility index (Phi) is 4.39. The van der Waals surface area contributed by atoms with Gasteiger partial charge >= 0.3 is 6.18 Å². The maximum absolute atomic E-state index is 12.7. The standard InChI is InChI=1S/C14H17F3N2O2/c1-8-3-2-4-9(7-8)21-13-10(12(18)20)5-6-11(19-13)14(15,16)17/h5-6,8-9H,2-4,7H2,1H3,(H2,18,20). The van der Waals surface area contributed by atoms with Gasteiger partial charge in [-0.3, -0.25) is 4.79 Å². The summed E-state index contributed by atoms with van der Waals surface area (Å²) < 4.78 is 43.7. The van der Waals surface area contributed by atoms with Crippen LogP contribution in [0, 0.1) is 5.92 Å². The number of nitrogens with zero attached hydrogens (tertiary/aromatic N) is 1. The van der Waals surface area contributed by atoms with Gasteiger partial charge in [0.05, 0.1) is 0 Å². The lowest BCUT2D eigenvalue weighted by Crippen LogP contribution is -2.26. The quantitative estimate of drug-likeness (QED) is 0.932. The van der Waals surface area contributed by atoms with Crippen LogP contribution in [0.3, 0.4) is 0 Å². The van der Waals surface area contributed by atoms with Crippen molar-refractivity contribution in [3.05, 3.63) is 23.4 Å². The topological polar surface area (TPSA) is 65.2 Å². The van der Waals surface area contributed by atoms with Crippen molar-refractivity contribution in [3.63, 3.8) is 0 Å². The molecule has 2 rings (SSSR count).